The molecule has 0 radical (unpaired) electrons. The number of amides is 1. The Hall–Kier alpha value is -2.18. The summed E-state index contributed by atoms with van der Waals surface area (Å²) in [5.74, 6) is -0.121. The van der Waals surface area contributed by atoms with Crippen LogP contribution < -0.4 is 5.32 Å². The summed E-state index contributed by atoms with van der Waals surface area (Å²) in [5, 5.41) is 9.76. The van der Waals surface area contributed by atoms with Gasteiger partial charge in [-0.2, -0.15) is 5.10 Å². The molecule has 24 heavy (non-hydrogen) atoms. The lowest BCUT2D eigenvalue weighted by Crippen LogP contribution is -2.49. The maximum absolute atomic E-state index is 12.1. The molecule has 1 aliphatic rings. The predicted molar refractivity (Wildman–Crippen MR) is 93.9 cm³/mol. The minimum Gasteiger partial charge on any atom is -0.349 e. The van der Waals surface area contributed by atoms with Gasteiger partial charge in [0.05, 0.1) is 0 Å². The molecule has 6 heteroatoms. The zero-order valence-corrected chi connectivity index (χ0v) is 14.3. The van der Waals surface area contributed by atoms with E-state index in [0.717, 1.165) is 31.9 Å². The monoisotopic (exact) mass is 327 g/mol. The summed E-state index contributed by atoms with van der Waals surface area (Å²) in [4.78, 5) is 16.9. The SMILES string of the molecule is Cc1cc(C(=O)NCCN2CCN(C)C[C@@H]2c2ccccc2)n[nH]1. The lowest BCUT2D eigenvalue weighted by molar-refractivity contribution is 0.0840. The van der Waals surface area contributed by atoms with E-state index >= 15 is 0 Å². The molecule has 6 nitrogen and oxygen atoms in total. The number of nitrogens with zero attached hydrogens (tertiary/aromatic N) is 3. The lowest BCUT2D eigenvalue weighted by atomic mass is 10.0. The summed E-state index contributed by atoms with van der Waals surface area (Å²) in [6.45, 7) is 6.42. The molecular weight excluding hydrogens is 302 g/mol. The number of aromatic amines is 1. The van der Waals surface area contributed by atoms with Crippen molar-refractivity contribution in [2.75, 3.05) is 39.8 Å². The lowest BCUT2D eigenvalue weighted by Gasteiger charge is -2.40. The third-order valence-corrected chi connectivity index (χ3v) is 4.50. The molecule has 0 bridgehead atoms. The van der Waals surface area contributed by atoms with E-state index in [2.05, 4.69) is 56.6 Å². The highest BCUT2D eigenvalue weighted by Crippen LogP contribution is 2.24. The van der Waals surface area contributed by atoms with E-state index in [0.29, 0.717) is 18.3 Å². The van der Waals surface area contributed by atoms with Gasteiger partial charge in [-0.25, -0.2) is 0 Å². The maximum Gasteiger partial charge on any atom is 0.271 e. The van der Waals surface area contributed by atoms with Gasteiger partial charge in [0.25, 0.3) is 5.91 Å². The van der Waals surface area contributed by atoms with E-state index in [1.165, 1.54) is 5.56 Å². The Kier molecular flexibility index (Phi) is 5.27. The summed E-state index contributed by atoms with van der Waals surface area (Å²) >= 11 is 0. The van der Waals surface area contributed by atoms with Crippen molar-refractivity contribution in [1.82, 2.24) is 25.3 Å². The Morgan fingerprint density at radius 2 is 2.12 bits per heavy atom. The molecule has 1 atom stereocenters. The maximum atomic E-state index is 12.1. The van der Waals surface area contributed by atoms with Crippen LogP contribution >= 0.6 is 0 Å². The number of hydrogen-bond donors (Lipinski definition) is 2. The Morgan fingerprint density at radius 3 is 2.83 bits per heavy atom. The van der Waals surface area contributed by atoms with E-state index in [1.54, 1.807) is 6.07 Å². The highest BCUT2D eigenvalue weighted by Gasteiger charge is 2.26. The van der Waals surface area contributed by atoms with E-state index < -0.39 is 0 Å². The molecule has 1 aliphatic heterocycles. The Bertz CT molecular complexity index is 669. The highest BCUT2D eigenvalue weighted by atomic mass is 16.1. The molecule has 2 N–H and O–H groups in total. The van der Waals surface area contributed by atoms with Crippen LogP contribution in [0.3, 0.4) is 0 Å². The second-order valence-electron chi connectivity index (χ2n) is 6.42. The van der Waals surface area contributed by atoms with E-state index in [4.69, 9.17) is 0 Å². The first kappa shape index (κ1) is 16.7. The molecule has 1 aromatic heterocycles. The van der Waals surface area contributed by atoms with Crippen molar-refractivity contribution in [3.05, 3.63) is 53.3 Å². The molecular formula is C18H25N5O. The van der Waals surface area contributed by atoms with Crippen LogP contribution in [0.4, 0.5) is 0 Å². The fourth-order valence-corrected chi connectivity index (χ4v) is 3.15. The number of nitrogens with one attached hydrogen (secondary N) is 2. The van der Waals surface area contributed by atoms with Gasteiger partial charge >= 0.3 is 0 Å². The average molecular weight is 327 g/mol. The Balaban J connectivity index is 1.57. The van der Waals surface area contributed by atoms with Gasteiger partial charge in [-0.15, -0.1) is 0 Å². The first-order valence-corrected chi connectivity index (χ1v) is 8.41. The summed E-state index contributed by atoms with van der Waals surface area (Å²) in [7, 11) is 2.16. The molecule has 0 aliphatic carbocycles. The topological polar surface area (TPSA) is 64.3 Å². The number of piperazine rings is 1. The third kappa shape index (κ3) is 4.01. The summed E-state index contributed by atoms with van der Waals surface area (Å²) in [5.41, 5.74) is 2.67. The van der Waals surface area contributed by atoms with Crippen molar-refractivity contribution in [2.45, 2.75) is 13.0 Å². The predicted octanol–water partition coefficient (Wildman–Crippen LogP) is 1.44. The van der Waals surface area contributed by atoms with Crippen LogP contribution in [-0.4, -0.2) is 65.7 Å². The van der Waals surface area contributed by atoms with Crippen molar-refractivity contribution < 1.29 is 4.79 Å². The van der Waals surface area contributed by atoms with E-state index in [-0.39, 0.29) is 5.91 Å². The minimum atomic E-state index is -0.121. The van der Waals surface area contributed by atoms with Crippen molar-refractivity contribution in [3.8, 4) is 0 Å². The Labute approximate surface area is 142 Å². The average Bonchev–Trinajstić information content (AvgIpc) is 3.03. The highest BCUT2D eigenvalue weighted by molar-refractivity contribution is 5.92. The van der Waals surface area contributed by atoms with Crippen molar-refractivity contribution in [1.29, 1.82) is 0 Å². The van der Waals surface area contributed by atoms with Gasteiger partial charge in [-0.05, 0) is 25.6 Å². The van der Waals surface area contributed by atoms with Crippen molar-refractivity contribution in [2.24, 2.45) is 0 Å². The second-order valence-corrected chi connectivity index (χ2v) is 6.42. The van der Waals surface area contributed by atoms with Gasteiger partial charge in [0.15, 0.2) is 0 Å². The summed E-state index contributed by atoms with van der Waals surface area (Å²) in [6, 6.07) is 12.7. The van der Waals surface area contributed by atoms with Gasteiger partial charge in [-0.1, -0.05) is 30.3 Å². The molecule has 128 valence electrons. The minimum absolute atomic E-state index is 0.121. The fourth-order valence-electron chi connectivity index (χ4n) is 3.15. The molecule has 1 aromatic carbocycles. The quantitative estimate of drug-likeness (QED) is 0.872. The van der Waals surface area contributed by atoms with Gasteiger partial charge in [0.1, 0.15) is 5.69 Å². The number of carbonyl (C=O) groups excluding carboxylic acids is 1. The largest absolute Gasteiger partial charge is 0.349 e. The van der Waals surface area contributed by atoms with Crippen LogP contribution in [0.2, 0.25) is 0 Å². The first-order chi connectivity index (χ1) is 11.6. The zero-order valence-electron chi connectivity index (χ0n) is 14.3. The third-order valence-electron chi connectivity index (χ3n) is 4.50. The van der Waals surface area contributed by atoms with Crippen LogP contribution in [0.5, 0.6) is 0 Å². The molecule has 2 heterocycles. The van der Waals surface area contributed by atoms with Gasteiger partial charge < -0.3 is 10.2 Å². The molecule has 0 spiro atoms. The number of H-pyrrole nitrogens is 1. The number of aromatic nitrogens is 2. The summed E-state index contributed by atoms with van der Waals surface area (Å²) < 4.78 is 0. The standard InChI is InChI=1S/C18H25N5O/c1-14-12-16(21-20-14)18(24)19-8-9-23-11-10-22(2)13-17(23)15-6-4-3-5-7-15/h3-7,12,17H,8-11,13H2,1-2H3,(H,19,24)(H,20,21)/t17-/m1/s1. The van der Waals surface area contributed by atoms with Gasteiger partial charge in [0.2, 0.25) is 0 Å². The smallest absolute Gasteiger partial charge is 0.271 e. The summed E-state index contributed by atoms with van der Waals surface area (Å²) in [6.07, 6.45) is 0. The molecule has 3 rings (SSSR count). The first-order valence-electron chi connectivity index (χ1n) is 8.41. The molecule has 2 aromatic rings. The Morgan fingerprint density at radius 1 is 1.33 bits per heavy atom. The fraction of sp³-hybridized carbons (Fsp3) is 0.444. The van der Waals surface area contributed by atoms with Crippen LogP contribution in [-0.2, 0) is 0 Å². The van der Waals surface area contributed by atoms with Gasteiger partial charge in [0, 0.05) is 44.5 Å². The number of aryl methyl sites for hydroxylation is 1. The van der Waals surface area contributed by atoms with E-state index in [9.17, 15) is 4.79 Å². The van der Waals surface area contributed by atoms with Crippen molar-refractivity contribution in [3.63, 3.8) is 0 Å². The number of benzene rings is 1. The zero-order chi connectivity index (χ0) is 16.9. The number of carbonyl (C=O) groups is 1. The molecule has 1 amide bonds. The van der Waals surface area contributed by atoms with Crippen molar-refractivity contribution >= 4 is 5.91 Å². The molecule has 1 fully saturated rings. The number of hydrogen-bond acceptors (Lipinski definition) is 4. The van der Waals surface area contributed by atoms with Crippen LogP contribution in [0.1, 0.15) is 27.8 Å². The number of rotatable bonds is 5. The molecule has 0 unspecified atom stereocenters. The molecule has 1 saturated heterocycles. The number of likely N-dealkylation sites (N-methyl/N-ethyl adjacent to an activating group) is 1. The van der Waals surface area contributed by atoms with Crippen LogP contribution in [0.15, 0.2) is 36.4 Å². The normalized spacial score (nSPS) is 19.3. The van der Waals surface area contributed by atoms with Crippen LogP contribution in [0.25, 0.3) is 0 Å². The van der Waals surface area contributed by atoms with Gasteiger partial charge in [-0.3, -0.25) is 14.8 Å². The second kappa shape index (κ2) is 7.59. The van der Waals surface area contributed by atoms with E-state index in [1.807, 2.05) is 13.0 Å². The molecule has 0 saturated carbocycles. The van der Waals surface area contributed by atoms with Crippen LogP contribution in [0, 0.1) is 6.92 Å².